The molecule has 4 heteroatoms. The molecule has 1 aromatic carbocycles. The highest BCUT2D eigenvalue weighted by Crippen LogP contribution is 2.45. The SMILES string of the molecule is COc1ccc([C@@H]2C[C@H]2N=C=O)cc1OC1CCCC1. The predicted octanol–water partition coefficient (Wildman–Crippen LogP) is 3.21. The standard InChI is InChI=1S/C16H19NO3/c1-19-15-7-6-11(13-9-14(13)17-10-18)8-16(15)20-12-4-2-3-5-12/h6-8,12-14H,2-5,9H2,1H3/t13-,14+/m0/s1. The zero-order valence-electron chi connectivity index (χ0n) is 11.7. The number of benzene rings is 1. The number of methoxy groups -OCH3 is 1. The van der Waals surface area contributed by atoms with Crippen LogP contribution in [0.5, 0.6) is 11.5 Å². The Morgan fingerprint density at radius 2 is 2.05 bits per heavy atom. The Hall–Kier alpha value is -1.80. The molecule has 0 bridgehead atoms. The van der Waals surface area contributed by atoms with E-state index in [4.69, 9.17) is 9.47 Å². The lowest BCUT2D eigenvalue weighted by Gasteiger charge is -2.16. The van der Waals surface area contributed by atoms with Crippen molar-refractivity contribution in [1.82, 2.24) is 0 Å². The molecule has 0 radical (unpaired) electrons. The lowest BCUT2D eigenvalue weighted by molar-refractivity contribution is 0.200. The Bertz CT molecular complexity index is 531. The first-order valence-corrected chi connectivity index (χ1v) is 7.23. The number of hydrogen-bond donors (Lipinski definition) is 0. The molecule has 1 aromatic rings. The second-order valence-corrected chi connectivity index (χ2v) is 5.56. The number of nitrogens with zero attached hydrogens (tertiary/aromatic N) is 1. The molecule has 0 heterocycles. The second kappa shape index (κ2) is 5.68. The van der Waals surface area contributed by atoms with E-state index in [-0.39, 0.29) is 6.04 Å². The fourth-order valence-corrected chi connectivity index (χ4v) is 2.95. The van der Waals surface area contributed by atoms with Gasteiger partial charge in [0.1, 0.15) is 0 Å². The topological polar surface area (TPSA) is 47.9 Å². The summed E-state index contributed by atoms with van der Waals surface area (Å²) < 4.78 is 11.5. The number of aliphatic imine (C=N–C) groups is 1. The van der Waals surface area contributed by atoms with E-state index in [2.05, 4.69) is 4.99 Å². The van der Waals surface area contributed by atoms with Gasteiger partial charge in [-0.25, -0.2) is 9.79 Å². The summed E-state index contributed by atoms with van der Waals surface area (Å²) in [6.07, 6.45) is 7.60. The summed E-state index contributed by atoms with van der Waals surface area (Å²) in [6, 6.07) is 6.12. The van der Waals surface area contributed by atoms with Crippen molar-refractivity contribution in [1.29, 1.82) is 0 Å². The van der Waals surface area contributed by atoms with Gasteiger partial charge in [-0.2, -0.15) is 0 Å². The maximum absolute atomic E-state index is 10.3. The van der Waals surface area contributed by atoms with E-state index >= 15 is 0 Å². The van der Waals surface area contributed by atoms with Crippen LogP contribution in [-0.2, 0) is 4.79 Å². The number of ether oxygens (including phenoxy) is 2. The first-order valence-electron chi connectivity index (χ1n) is 7.23. The minimum absolute atomic E-state index is 0.0974. The average Bonchev–Trinajstić information content (AvgIpc) is 3.04. The van der Waals surface area contributed by atoms with Crippen LogP contribution in [0.3, 0.4) is 0 Å². The summed E-state index contributed by atoms with van der Waals surface area (Å²) in [7, 11) is 1.66. The van der Waals surface area contributed by atoms with Gasteiger partial charge in [-0.05, 0) is 49.8 Å². The Morgan fingerprint density at radius 3 is 2.75 bits per heavy atom. The zero-order valence-corrected chi connectivity index (χ0v) is 11.7. The van der Waals surface area contributed by atoms with Gasteiger partial charge in [-0.1, -0.05) is 6.07 Å². The smallest absolute Gasteiger partial charge is 0.235 e. The minimum atomic E-state index is 0.0974. The van der Waals surface area contributed by atoms with E-state index in [1.807, 2.05) is 18.2 Å². The molecular formula is C16H19NO3. The molecule has 0 spiro atoms. The Labute approximate surface area is 118 Å². The van der Waals surface area contributed by atoms with Crippen LogP contribution in [-0.4, -0.2) is 25.3 Å². The summed E-state index contributed by atoms with van der Waals surface area (Å²) in [4.78, 5) is 14.1. The van der Waals surface area contributed by atoms with Crippen LogP contribution in [0.2, 0.25) is 0 Å². The molecular weight excluding hydrogens is 254 g/mol. The van der Waals surface area contributed by atoms with Gasteiger partial charge in [0.2, 0.25) is 6.08 Å². The van der Waals surface area contributed by atoms with Crippen LogP contribution < -0.4 is 9.47 Å². The van der Waals surface area contributed by atoms with Crippen molar-refractivity contribution in [2.24, 2.45) is 4.99 Å². The maximum atomic E-state index is 10.3. The molecule has 0 N–H and O–H groups in total. The fraction of sp³-hybridized carbons (Fsp3) is 0.562. The summed E-state index contributed by atoms with van der Waals surface area (Å²) in [5, 5.41) is 0. The lowest BCUT2D eigenvalue weighted by Crippen LogP contribution is -2.11. The van der Waals surface area contributed by atoms with Crippen LogP contribution in [0.4, 0.5) is 0 Å². The van der Waals surface area contributed by atoms with Gasteiger partial charge in [0, 0.05) is 5.92 Å². The number of isocyanates is 1. The third kappa shape index (κ3) is 2.70. The predicted molar refractivity (Wildman–Crippen MR) is 75.1 cm³/mol. The molecule has 2 saturated carbocycles. The van der Waals surface area contributed by atoms with Gasteiger partial charge < -0.3 is 9.47 Å². The summed E-state index contributed by atoms with van der Waals surface area (Å²) in [5.41, 5.74) is 1.17. The number of rotatable bonds is 5. The molecule has 2 aliphatic carbocycles. The molecule has 2 aliphatic rings. The first kappa shape index (κ1) is 13.2. The van der Waals surface area contributed by atoms with E-state index in [0.29, 0.717) is 12.0 Å². The largest absolute Gasteiger partial charge is 0.493 e. The molecule has 4 nitrogen and oxygen atoms in total. The van der Waals surface area contributed by atoms with Gasteiger partial charge in [-0.15, -0.1) is 0 Å². The third-order valence-corrected chi connectivity index (χ3v) is 4.19. The molecule has 3 rings (SSSR count). The van der Waals surface area contributed by atoms with Crippen molar-refractivity contribution in [2.75, 3.05) is 7.11 Å². The molecule has 20 heavy (non-hydrogen) atoms. The molecule has 106 valence electrons. The van der Waals surface area contributed by atoms with Crippen molar-refractivity contribution < 1.29 is 14.3 Å². The summed E-state index contributed by atoms with van der Waals surface area (Å²) >= 11 is 0. The van der Waals surface area contributed by atoms with E-state index in [1.165, 1.54) is 18.4 Å². The lowest BCUT2D eigenvalue weighted by atomic mass is 10.1. The normalized spacial score (nSPS) is 25.1. The quantitative estimate of drug-likeness (QED) is 0.611. The average molecular weight is 273 g/mol. The van der Waals surface area contributed by atoms with Gasteiger partial charge in [-0.3, -0.25) is 0 Å². The molecule has 0 aliphatic heterocycles. The Morgan fingerprint density at radius 1 is 1.25 bits per heavy atom. The van der Waals surface area contributed by atoms with Gasteiger partial charge >= 0.3 is 0 Å². The van der Waals surface area contributed by atoms with Gasteiger partial charge in [0.05, 0.1) is 19.3 Å². The van der Waals surface area contributed by atoms with Gasteiger partial charge in [0.25, 0.3) is 0 Å². The fourth-order valence-electron chi connectivity index (χ4n) is 2.95. The minimum Gasteiger partial charge on any atom is -0.493 e. The van der Waals surface area contributed by atoms with Crippen LogP contribution in [0.1, 0.15) is 43.6 Å². The van der Waals surface area contributed by atoms with Crippen LogP contribution in [0.25, 0.3) is 0 Å². The van der Waals surface area contributed by atoms with Crippen molar-refractivity contribution >= 4 is 6.08 Å². The van der Waals surface area contributed by atoms with Crippen molar-refractivity contribution in [3.05, 3.63) is 23.8 Å². The van der Waals surface area contributed by atoms with Crippen molar-refractivity contribution in [2.45, 2.75) is 50.2 Å². The van der Waals surface area contributed by atoms with Gasteiger partial charge in [0.15, 0.2) is 11.5 Å². The Kier molecular flexibility index (Phi) is 3.75. The maximum Gasteiger partial charge on any atom is 0.235 e. The van der Waals surface area contributed by atoms with Crippen LogP contribution in [0.15, 0.2) is 23.2 Å². The highest BCUT2D eigenvalue weighted by molar-refractivity contribution is 5.46. The number of carbonyl (C=O) groups excluding carboxylic acids is 1. The van der Waals surface area contributed by atoms with Crippen molar-refractivity contribution in [3.63, 3.8) is 0 Å². The van der Waals surface area contributed by atoms with Crippen LogP contribution >= 0.6 is 0 Å². The highest BCUT2D eigenvalue weighted by Gasteiger charge is 2.39. The monoisotopic (exact) mass is 273 g/mol. The highest BCUT2D eigenvalue weighted by atomic mass is 16.5. The van der Waals surface area contributed by atoms with E-state index in [9.17, 15) is 4.79 Å². The van der Waals surface area contributed by atoms with Crippen molar-refractivity contribution in [3.8, 4) is 11.5 Å². The molecule has 2 atom stereocenters. The van der Waals surface area contributed by atoms with Crippen LogP contribution in [0, 0.1) is 0 Å². The molecule has 0 saturated heterocycles. The zero-order chi connectivity index (χ0) is 13.9. The molecule has 0 aromatic heterocycles. The molecule has 0 unspecified atom stereocenters. The first-order chi connectivity index (χ1) is 9.81. The van der Waals surface area contributed by atoms with E-state index in [0.717, 1.165) is 30.8 Å². The van der Waals surface area contributed by atoms with E-state index in [1.54, 1.807) is 13.2 Å². The second-order valence-electron chi connectivity index (χ2n) is 5.56. The van der Waals surface area contributed by atoms with E-state index < -0.39 is 0 Å². The Balaban J connectivity index is 1.78. The number of hydrogen-bond acceptors (Lipinski definition) is 4. The third-order valence-electron chi connectivity index (χ3n) is 4.19. The summed E-state index contributed by atoms with van der Waals surface area (Å²) in [5.74, 6) is 1.92. The summed E-state index contributed by atoms with van der Waals surface area (Å²) in [6.45, 7) is 0. The molecule has 0 amide bonds. The molecule has 2 fully saturated rings.